The van der Waals surface area contributed by atoms with Crippen LogP contribution in [0.25, 0.3) is 0 Å². The molecule has 9 heteroatoms. The van der Waals surface area contributed by atoms with E-state index < -0.39 is 26.6 Å². The lowest BCUT2D eigenvalue weighted by molar-refractivity contribution is 0.0950. The van der Waals surface area contributed by atoms with Gasteiger partial charge in [-0.15, -0.1) is 0 Å². The van der Waals surface area contributed by atoms with Gasteiger partial charge in [0.2, 0.25) is 0 Å². The van der Waals surface area contributed by atoms with Gasteiger partial charge >= 0.3 is 0 Å². The molecule has 0 saturated carbocycles. The van der Waals surface area contributed by atoms with Gasteiger partial charge in [0, 0.05) is 18.6 Å². The van der Waals surface area contributed by atoms with Gasteiger partial charge in [-0.1, -0.05) is 12.1 Å². The molecule has 0 aliphatic carbocycles. The van der Waals surface area contributed by atoms with Gasteiger partial charge in [-0.05, 0) is 25.1 Å². The summed E-state index contributed by atoms with van der Waals surface area (Å²) in [5, 5.41) is 2.63. The maximum atomic E-state index is 13.8. The van der Waals surface area contributed by atoms with Crippen LogP contribution in [0.3, 0.4) is 0 Å². The molecule has 0 aliphatic rings. The summed E-state index contributed by atoms with van der Waals surface area (Å²) in [6.07, 6.45) is 5.46. The van der Waals surface area contributed by atoms with Crippen molar-refractivity contribution in [3.63, 3.8) is 0 Å². The highest BCUT2D eigenvalue weighted by atomic mass is 32.2. The molecule has 1 N–H and O–H groups in total. The van der Waals surface area contributed by atoms with Gasteiger partial charge in [-0.2, -0.15) is 0 Å². The molecule has 0 fully saturated rings. The molecule has 1 aromatic carbocycles. The van der Waals surface area contributed by atoms with Crippen molar-refractivity contribution in [2.45, 2.75) is 18.4 Å². The van der Waals surface area contributed by atoms with E-state index in [2.05, 4.69) is 15.3 Å². The first-order chi connectivity index (χ1) is 12.4. The van der Waals surface area contributed by atoms with E-state index in [4.69, 9.17) is 0 Å². The summed E-state index contributed by atoms with van der Waals surface area (Å²) < 4.78 is 39.5. The predicted octanol–water partition coefficient (Wildman–Crippen LogP) is 1.89. The maximum absolute atomic E-state index is 13.8. The lowest BCUT2D eigenvalue weighted by atomic mass is 10.3. The topological polar surface area (TPSA) is 94.0 Å². The molecular formula is C17H15FN4O3S. The number of rotatable bonds is 5. The van der Waals surface area contributed by atoms with Gasteiger partial charge in [0.05, 0.1) is 29.7 Å². The van der Waals surface area contributed by atoms with Crippen molar-refractivity contribution in [3.05, 3.63) is 77.9 Å². The number of carbonyl (C=O) groups excluding carboxylic acids is 1. The molecule has 134 valence electrons. The number of nitrogens with one attached hydrogen (secondary N) is 1. The van der Waals surface area contributed by atoms with Crippen LogP contribution in [-0.2, 0) is 16.6 Å². The second-order valence-electron chi connectivity index (χ2n) is 5.50. The van der Waals surface area contributed by atoms with Gasteiger partial charge < -0.3 is 5.32 Å². The van der Waals surface area contributed by atoms with Gasteiger partial charge in [0.1, 0.15) is 10.7 Å². The summed E-state index contributed by atoms with van der Waals surface area (Å²) in [6, 6.07) is 6.40. The Labute approximate surface area is 149 Å². The molecule has 2 aromatic heterocycles. The number of aryl methyl sites for hydroxylation is 1. The summed E-state index contributed by atoms with van der Waals surface area (Å²) in [7, 11) is -4.11. The molecule has 0 spiro atoms. The Balaban J connectivity index is 1.76. The minimum absolute atomic E-state index is 0.130. The molecule has 7 nitrogen and oxygen atoms in total. The highest BCUT2D eigenvalue weighted by Gasteiger charge is 2.21. The number of aromatic nitrogens is 3. The van der Waals surface area contributed by atoms with Crippen molar-refractivity contribution in [2.75, 3.05) is 0 Å². The number of benzene rings is 1. The second-order valence-corrected chi connectivity index (χ2v) is 7.31. The van der Waals surface area contributed by atoms with Crippen LogP contribution < -0.4 is 5.32 Å². The molecule has 0 bridgehead atoms. The SMILES string of the molecule is Cc1cnc(CNC(=O)c2ccn(S(=O)(=O)c3ccccc3F)c2)cn1. The fourth-order valence-electron chi connectivity index (χ4n) is 2.21. The van der Waals surface area contributed by atoms with E-state index in [0.29, 0.717) is 5.69 Å². The lowest BCUT2D eigenvalue weighted by Crippen LogP contribution is -2.23. The van der Waals surface area contributed by atoms with E-state index in [1.165, 1.54) is 30.5 Å². The fraction of sp³-hybridized carbons (Fsp3) is 0.118. The zero-order chi connectivity index (χ0) is 18.7. The van der Waals surface area contributed by atoms with E-state index in [1.807, 2.05) is 0 Å². The smallest absolute Gasteiger partial charge is 0.270 e. The quantitative estimate of drug-likeness (QED) is 0.736. The third-order valence-electron chi connectivity index (χ3n) is 3.59. The third-order valence-corrected chi connectivity index (χ3v) is 5.26. The first-order valence-corrected chi connectivity index (χ1v) is 9.06. The molecule has 0 atom stereocenters. The molecule has 2 heterocycles. The van der Waals surface area contributed by atoms with Crippen LogP contribution in [0.15, 0.2) is 60.0 Å². The van der Waals surface area contributed by atoms with Crippen LogP contribution >= 0.6 is 0 Å². The number of hydrogen-bond donors (Lipinski definition) is 1. The summed E-state index contributed by atoms with van der Waals surface area (Å²) >= 11 is 0. The van der Waals surface area contributed by atoms with Crippen molar-refractivity contribution in [2.24, 2.45) is 0 Å². The fourth-order valence-corrected chi connectivity index (χ4v) is 3.48. The van der Waals surface area contributed by atoms with Crippen LogP contribution in [0.2, 0.25) is 0 Å². The Morgan fingerprint density at radius 1 is 1.19 bits per heavy atom. The number of carbonyl (C=O) groups is 1. The number of hydrogen-bond acceptors (Lipinski definition) is 5. The summed E-state index contributed by atoms with van der Waals surface area (Å²) in [6.45, 7) is 1.95. The van der Waals surface area contributed by atoms with Gasteiger partial charge in [-0.3, -0.25) is 14.8 Å². The normalized spacial score (nSPS) is 11.3. The van der Waals surface area contributed by atoms with Crippen molar-refractivity contribution in [1.82, 2.24) is 19.3 Å². The predicted molar refractivity (Wildman–Crippen MR) is 91.4 cm³/mol. The first kappa shape index (κ1) is 17.7. The highest BCUT2D eigenvalue weighted by molar-refractivity contribution is 7.90. The van der Waals surface area contributed by atoms with Gasteiger partial charge in [0.15, 0.2) is 0 Å². The Morgan fingerprint density at radius 2 is 1.96 bits per heavy atom. The molecule has 1 amide bonds. The van der Waals surface area contributed by atoms with Crippen LogP contribution in [0.1, 0.15) is 21.7 Å². The Kier molecular flexibility index (Phi) is 4.81. The lowest BCUT2D eigenvalue weighted by Gasteiger charge is -2.06. The van der Waals surface area contributed by atoms with Crippen molar-refractivity contribution < 1.29 is 17.6 Å². The Hall–Kier alpha value is -3.07. The molecule has 3 aromatic rings. The first-order valence-electron chi connectivity index (χ1n) is 7.62. The van der Waals surface area contributed by atoms with E-state index in [1.54, 1.807) is 19.3 Å². The summed E-state index contributed by atoms with van der Waals surface area (Å²) in [5.74, 6) is -1.33. The standard InChI is InChI=1S/C17H15FN4O3S/c1-12-8-20-14(9-19-12)10-21-17(23)13-6-7-22(11-13)26(24,25)16-5-3-2-4-15(16)18/h2-9,11H,10H2,1H3,(H,21,23). The Morgan fingerprint density at radius 3 is 2.65 bits per heavy atom. The summed E-state index contributed by atoms with van der Waals surface area (Å²) in [4.78, 5) is 19.9. The second kappa shape index (κ2) is 7.04. The van der Waals surface area contributed by atoms with Gasteiger partial charge in [-0.25, -0.2) is 16.8 Å². The van der Waals surface area contributed by atoms with E-state index in [0.717, 1.165) is 21.9 Å². The molecule has 0 unspecified atom stereocenters. The van der Waals surface area contributed by atoms with Crippen LogP contribution in [0.4, 0.5) is 4.39 Å². The minimum atomic E-state index is -4.11. The van der Waals surface area contributed by atoms with E-state index in [9.17, 15) is 17.6 Å². The Bertz CT molecular complexity index is 1050. The zero-order valence-electron chi connectivity index (χ0n) is 13.8. The molecule has 3 rings (SSSR count). The highest BCUT2D eigenvalue weighted by Crippen LogP contribution is 2.18. The van der Waals surface area contributed by atoms with Gasteiger partial charge in [0.25, 0.3) is 15.9 Å². The average Bonchev–Trinajstić information content (AvgIpc) is 3.12. The van der Waals surface area contributed by atoms with Crippen LogP contribution in [0, 0.1) is 12.7 Å². The minimum Gasteiger partial charge on any atom is -0.346 e. The average molecular weight is 374 g/mol. The van der Waals surface area contributed by atoms with Crippen molar-refractivity contribution in [1.29, 1.82) is 0 Å². The van der Waals surface area contributed by atoms with Crippen LogP contribution in [-0.4, -0.2) is 28.3 Å². The molecule has 0 saturated heterocycles. The molecular weight excluding hydrogens is 359 g/mol. The monoisotopic (exact) mass is 374 g/mol. The summed E-state index contributed by atoms with van der Waals surface area (Å²) in [5.41, 5.74) is 1.46. The largest absolute Gasteiger partial charge is 0.346 e. The van der Waals surface area contributed by atoms with Crippen LogP contribution in [0.5, 0.6) is 0 Å². The van der Waals surface area contributed by atoms with Crippen molar-refractivity contribution in [3.8, 4) is 0 Å². The third kappa shape index (κ3) is 3.62. The number of nitrogens with zero attached hydrogens (tertiary/aromatic N) is 3. The zero-order valence-corrected chi connectivity index (χ0v) is 14.6. The molecule has 26 heavy (non-hydrogen) atoms. The van der Waals surface area contributed by atoms with E-state index >= 15 is 0 Å². The van der Waals surface area contributed by atoms with Crippen molar-refractivity contribution >= 4 is 15.9 Å². The number of amides is 1. The number of halogens is 1. The molecule has 0 radical (unpaired) electrons. The van der Waals surface area contributed by atoms with E-state index in [-0.39, 0.29) is 12.1 Å². The maximum Gasteiger partial charge on any atom is 0.270 e. The molecule has 0 aliphatic heterocycles.